The van der Waals surface area contributed by atoms with Crippen molar-refractivity contribution >= 4 is 0 Å². The summed E-state index contributed by atoms with van der Waals surface area (Å²) in [6.45, 7) is 4.14. The summed E-state index contributed by atoms with van der Waals surface area (Å²) < 4.78 is 37.6. The summed E-state index contributed by atoms with van der Waals surface area (Å²) >= 11 is 0. The highest BCUT2D eigenvalue weighted by molar-refractivity contribution is 5.26. The van der Waals surface area contributed by atoms with Crippen LogP contribution in [0.15, 0.2) is 42.6 Å². The van der Waals surface area contributed by atoms with E-state index in [0.717, 1.165) is 30.0 Å². The van der Waals surface area contributed by atoms with Crippen molar-refractivity contribution < 1.29 is 18.3 Å². The standard InChI is InChI=1S/C19H22F3NO/c1-13(16-5-3-4-15(10-16)12-24)6-7-14(2)17-8-9-18(23-11-17)19(20,21)22/h3-5,8-11,13-14,24H,6-7,12H2,1-2H3. The van der Waals surface area contributed by atoms with Crippen LogP contribution in [-0.4, -0.2) is 10.1 Å². The van der Waals surface area contributed by atoms with E-state index in [9.17, 15) is 18.3 Å². The fourth-order valence-electron chi connectivity index (χ4n) is 2.70. The molecule has 0 fully saturated rings. The first-order chi connectivity index (χ1) is 11.3. The molecular formula is C19H22F3NO. The van der Waals surface area contributed by atoms with E-state index < -0.39 is 11.9 Å². The largest absolute Gasteiger partial charge is 0.433 e. The first-order valence-corrected chi connectivity index (χ1v) is 8.04. The Morgan fingerprint density at radius 2 is 1.67 bits per heavy atom. The zero-order chi connectivity index (χ0) is 17.7. The fourth-order valence-corrected chi connectivity index (χ4v) is 2.70. The number of rotatable bonds is 6. The van der Waals surface area contributed by atoms with Gasteiger partial charge in [-0.05, 0) is 47.4 Å². The van der Waals surface area contributed by atoms with Crippen molar-refractivity contribution in [2.24, 2.45) is 0 Å². The van der Waals surface area contributed by atoms with Crippen LogP contribution in [-0.2, 0) is 12.8 Å². The van der Waals surface area contributed by atoms with Crippen LogP contribution in [0.2, 0.25) is 0 Å². The van der Waals surface area contributed by atoms with E-state index in [1.807, 2.05) is 31.2 Å². The number of nitrogens with zero attached hydrogens (tertiary/aromatic N) is 1. The molecule has 0 amide bonds. The molecule has 5 heteroatoms. The lowest BCUT2D eigenvalue weighted by Crippen LogP contribution is -2.08. The summed E-state index contributed by atoms with van der Waals surface area (Å²) in [7, 11) is 0. The first kappa shape index (κ1) is 18.5. The number of benzene rings is 1. The third-order valence-electron chi connectivity index (χ3n) is 4.38. The molecule has 1 aromatic carbocycles. The molecule has 1 heterocycles. The number of halogens is 3. The maximum atomic E-state index is 12.5. The maximum absolute atomic E-state index is 12.5. The van der Waals surface area contributed by atoms with Gasteiger partial charge in [-0.2, -0.15) is 13.2 Å². The van der Waals surface area contributed by atoms with Gasteiger partial charge in [0.15, 0.2) is 0 Å². The van der Waals surface area contributed by atoms with Crippen LogP contribution < -0.4 is 0 Å². The highest BCUT2D eigenvalue weighted by atomic mass is 19.4. The van der Waals surface area contributed by atoms with E-state index in [-0.39, 0.29) is 12.5 Å². The predicted molar refractivity (Wildman–Crippen MR) is 87.7 cm³/mol. The van der Waals surface area contributed by atoms with E-state index >= 15 is 0 Å². The lowest BCUT2D eigenvalue weighted by molar-refractivity contribution is -0.141. The van der Waals surface area contributed by atoms with Crippen molar-refractivity contribution in [2.45, 2.75) is 51.3 Å². The van der Waals surface area contributed by atoms with Gasteiger partial charge in [0, 0.05) is 6.20 Å². The van der Waals surface area contributed by atoms with E-state index in [0.29, 0.717) is 5.92 Å². The third-order valence-corrected chi connectivity index (χ3v) is 4.38. The van der Waals surface area contributed by atoms with Crippen molar-refractivity contribution in [3.63, 3.8) is 0 Å². The van der Waals surface area contributed by atoms with Gasteiger partial charge in [0.25, 0.3) is 0 Å². The van der Waals surface area contributed by atoms with E-state index in [1.165, 1.54) is 17.8 Å². The van der Waals surface area contributed by atoms with Gasteiger partial charge >= 0.3 is 6.18 Å². The minimum absolute atomic E-state index is 0.0220. The summed E-state index contributed by atoms with van der Waals surface area (Å²) in [5.41, 5.74) is 2.02. The van der Waals surface area contributed by atoms with Crippen LogP contribution in [0.1, 0.15) is 60.9 Å². The number of aliphatic hydroxyl groups is 1. The Morgan fingerprint density at radius 3 is 2.21 bits per heavy atom. The van der Waals surface area contributed by atoms with Crippen LogP contribution in [0.4, 0.5) is 13.2 Å². The van der Waals surface area contributed by atoms with Crippen molar-refractivity contribution in [1.29, 1.82) is 0 Å². The van der Waals surface area contributed by atoms with Crippen LogP contribution in [0.5, 0.6) is 0 Å². The summed E-state index contributed by atoms with van der Waals surface area (Å²) in [6.07, 6.45) is -1.30. The lowest BCUT2D eigenvalue weighted by atomic mass is 9.89. The smallest absolute Gasteiger partial charge is 0.392 e. The number of aromatic nitrogens is 1. The maximum Gasteiger partial charge on any atom is 0.433 e. The molecule has 1 N–H and O–H groups in total. The van der Waals surface area contributed by atoms with E-state index in [2.05, 4.69) is 11.9 Å². The van der Waals surface area contributed by atoms with E-state index in [1.54, 1.807) is 0 Å². The number of pyridine rings is 1. The molecule has 130 valence electrons. The third kappa shape index (κ3) is 4.81. The predicted octanol–water partition coefficient (Wildman–Crippen LogP) is 5.28. The highest BCUT2D eigenvalue weighted by Crippen LogP contribution is 2.30. The number of aliphatic hydroxyl groups excluding tert-OH is 1. The molecule has 2 atom stereocenters. The quantitative estimate of drug-likeness (QED) is 0.778. The molecule has 1 aromatic heterocycles. The Hall–Kier alpha value is -1.88. The normalized spacial score (nSPS) is 14.4. The second-order valence-electron chi connectivity index (χ2n) is 6.26. The van der Waals surface area contributed by atoms with Gasteiger partial charge in [0.1, 0.15) is 5.69 Å². The molecule has 0 aliphatic carbocycles. The Bertz CT molecular complexity index is 652. The number of alkyl halides is 3. The molecule has 2 rings (SSSR count). The van der Waals surface area contributed by atoms with Gasteiger partial charge < -0.3 is 5.11 Å². The topological polar surface area (TPSA) is 33.1 Å². The Labute approximate surface area is 140 Å². The van der Waals surface area contributed by atoms with Crippen molar-refractivity contribution in [3.8, 4) is 0 Å². The van der Waals surface area contributed by atoms with Crippen molar-refractivity contribution in [1.82, 2.24) is 4.98 Å². The summed E-state index contributed by atoms with van der Waals surface area (Å²) in [5, 5.41) is 9.20. The molecular weight excluding hydrogens is 315 g/mol. The second kappa shape index (κ2) is 7.79. The molecule has 0 saturated carbocycles. The molecule has 0 spiro atoms. The zero-order valence-corrected chi connectivity index (χ0v) is 13.8. The monoisotopic (exact) mass is 337 g/mol. The lowest BCUT2D eigenvalue weighted by Gasteiger charge is -2.17. The second-order valence-corrected chi connectivity index (χ2v) is 6.26. The summed E-state index contributed by atoms with van der Waals surface area (Å²) in [4.78, 5) is 3.53. The minimum Gasteiger partial charge on any atom is -0.392 e. The minimum atomic E-state index is -4.39. The van der Waals surface area contributed by atoms with Gasteiger partial charge in [-0.3, -0.25) is 4.98 Å². The van der Waals surface area contributed by atoms with Crippen LogP contribution in [0.3, 0.4) is 0 Å². The Kier molecular flexibility index (Phi) is 5.99. The highest BCUT2D eigenvalue weighted by Gasteiger charge is 2.32. The molecule has 0 bridgehead atoms. The Morgan fingerprint density at radius 1 is 1.00 bits per heavy atom. The fraction of sp³-hybridized carbons (Fsp3) is 0.421. The van der Waals surface area contributed by atoms with Gasteiger partial charge in [-0.1, -0.05) is 44.2 Å². The van der Waals surface area contributed by atoms with Crippen LogP contribution >= 0.6 is 0 Å². The molecule has 24 heavy (non-hydrogen) atoms. The van der Waals surface area contributed by atoms with Crippen molar-refractivity contribution in [2.75, 3.05) is 0 Å². The molecule has 2 nitrogen and oxygen atoms in total. The summed E-state index contributed by atoms with van der Waals surface area (Å²) in [5.74, 6) is 0.463. The van der Waals surface area contributed by atoms with Gasteiger partial charge in [-0.25, -0.2) is 0 Å². The van der Waals surface area contributed by atoms with Gasteiger partial charge in [-0.15, -0.1) is 0 Å². The number of hydrogen-bond acceptors (Lipinski definition) is 2. The molecule has 2 aromatic rings. The van der Waals surface area contributed by atoms with Crippen LogP contribution in [0.25, 0.3) is 0 Å². The Balaban J connectivity index is 1.95. The molecule has 0 radical (unpaired) electrons. The molecule has 2 unspecified atom stereocenters. The van der Waals surface area contributed by atoms with Gasteiger partial charge in [0.05, 0.1) is 6.61 Å². The average Bonchev–Trinajstić information content (AvgIpc) is 2.58. The van der Waals surface area contributed by atoms with Crippen LogP contribution in [0, 0.1) is 0 Å². The summed E-state index contributed by atoms with van der Waals surface area (Å²) in [6, 6.07) is 10.4. The van der Waals surface area contributed by atoms with Crippen molar-refractivity contribution in [3.05, 3.63) is 65.0 Å². The van der Waals surface area contributed by atoms with Gasteiger partial charge in [0.2, 0.25) is 0 Å². The zero-order valence-electron chi connectivity index (χ0n) is 13.8. The molecule has 0 aliphatic heterocycles. The van der Waals surface area contributed by atoms with E-state index in [4.69, 9.17) is 0 Å². The molecule has 0 saturated heterocycles. The average molecular weight is 337 g/mol. The SMILES string of the molecule is CC(CCC(C)c1cccc(CO)c1)c1ccc(C(F)(F)F)nc1. The first-order valence-electron chi connectivity index (χ1n) is 8.04. The molecule has 0 aliphatic rings. The number of hydrogen-bond donors (Lipinski definition) is 1.